The third-order valence-electron chi connectivity index (χ3n) is 7.19. The van der Waals surface area contributed by atoms with Crippen molar-refractivity contribution in [3.8, 4) is 0 Å². The van der Waals surface area contributed by atoms with Crippen LogP contribution in [0.5, 0.6) is 0 Å². The summed E-state index contributed by atoms with van der Waals surface area (Å²) in [5, 5.41) is 3.44. The van der Waals surface area contributed by atoms with Crippen LogP contribution in [0.4, 0.5) is 27.6 Å². The monoisotopic (exact) mass is 532 g/mol. The maximum absolute atomic E-state index is 12.8. The lowest BCUT2D eigenvalue weighted by atomic mass is 10.0. The molecular weight excluding hydrogens is 487 g/mol. The van der Waals surface area contributed by atoms with E-state index in [9.17, 15) is 26.7 Å². The number of unbranched alkanes of at least 4 members (excludes halogenated alkanes) is 13. The SMILES string of the molecule is O=C(c1ccc(NCCCCCCCCCCCCCCCCC(F)(F)C(F)(F)F)cc1)N1CCCC1. The van der Waals surface area contributed by atoms with E-state index in [0.717, 1.165) is 75.8 Å². The summed E-state index contributed by atoms with van der Waals surface area (Å²) in [7, 11) is 0. The fraction of sp³-hybridized carbons (Fsp3) is 0.759. The van der Waals surface area contributed by atoms with Crippen LogP contribution in [0.25, 0.3) is 0 Å². The smallest absolute Gasteiger partial charge is 0.385 e. The van der Waals surface area contributed by atoms with Crippen LogP contribution in [0.15, 0.2) is 24.3 Å². The van der Waals surface area contributed by atoms with Gasteiger partial charge in [-0.3, -0.25) is 4.79 Å². The topological polar surface area (TPSA) is 32.3 Å². The first-order chi connectivity index (χ1) is 17.7. The van der Waals surface area contributed by atoms with Gasteiger partial charge in [-0.15, -0.1) is 0 Å². The van der Waals surface area contributed by atoms with E-state index in [0.29, 0.717) is 6.42 Å². The summed E-state index contributed by atoms with van der Waals surface area (Å²) in [4.78, 5) is 14.3. The van der Waals surface area contributed by atoms with E-state index < -0.39 is 18.5 Å². The highest BCUT2D eigenvalue weighted by Gasteiger charge is 2.56. The molecule has 0 unspecified atom stereocenters. The molecule has 1 aliphatic heterocycles. The fourth-order valence-electron chi connectivity index (χ4n) is 4.80. The molecule has 0 saturated carbocycles. The Balaban J connectivity index is 1.33. The Labute approximate surface area is 219 Å². The maximum Gasteiger partial charge on any atom is 0.453 e. The Bertz CT molecular complexity index is 746. The van der Waals surface area contributed by atoms with E-state index in [2.05, 4.69) is 5.32 Å². The summed E-state index contributed by atoms with van der Waals surface area (Å²) >= 11 is 0. The first-order valence-electron chi connectivity index (χ1n) is 14.3. The second kappa shape index (κ2) is 16.9. The maximum atomic E-state index is 12.8. The van der Waals surface area contributed by atoms with Crippen LogP contribution in [-0.2, 0) is 0 Å². The zero-order valence-corrected chi connectivity index (χ0v) is 22.2. The lowest BCUT2D eigenvalue weighted by Gasteiger charge is -2.19. The van der Waals surface area contributed by atoms with Crippen molar-refractivity contribution in [3.63, 3.8) is 0 Å². The summed E-state index contributed by atoms with van der Waals surface area (Å²) in [6.45, 7) is 2.68. The molecule has 0 spiro atoms. The zero-order chi connectivity index (χ0) is 27.0. The number of halogens is 5. The number of benzene rings is 1. The molecule has 1 saturated heterocycles. The van der Waals surface area contributed by atoms with Crippen molar-refractivity contribution in [2.24, 2.45) is 0 Å². The van der Waals surface area contributed by atoms with Gasteiger partial charge in [0.2, 0.25) is 0 Å². The minimum atomic E-state index is -5.42. The average molecular weight is 533 g/mol. The van der Waals surface area contributed by atoms with Crippen LogP contribution >= 0.6 is 0 Å². The van der Waals surface area contributed by atoms with Gasteiger partial charge in [-0.2, -0.15) is 22.0 Å². The molecule has 0 aromatic heterocycles. The second-order valence-electron chi connectivity index (χ2n) is 10.4. The van der Waals surface area contributed by atoms with E-state index in [-0.39, 0.29) is 12.3 Å². The summed E-state index contributed by atoms with van der Waals surface area (Å²) in [6, 6.07) is 7.80. The first-order valence-corrected chi connectivity index (χ1v) is 14.3. The Kier molecular flexibility index (Phi) is 14.3. The van der Waals surface area contributed by atoms with Gasteiger partial charge < -0.3 is 10.2 Å². The molecule has 1 aromatic rings. The highest BCUT2D eigenvalue weighted by molar-refractivity contribution is 5.94. The quantitative estimate of drug-likeness (QED) is 0.142. The van der Waals surface area contributed by atoms with Gasteiger partial charge in [0, 0.05) is 37.3 Å². The molecule has 8 heteroatoms. The van der Waals surface area contributed by atoms with Gasteiger partial charge in [0.15, 0.2) is 0 Å². The predicted molar refractivity (Wildman–Crippen MR) is 140 cm³/mol. The predicted octanol–water partition coefficient (Wildman–Crippen LogP) is 9.38. The van der Waals surface area contributed by atoms with E-state index in [1.807, 2.05) is 29.2 Å². The van der Waals surface area contributed by atoms with Crippen LogP contribution < -0.4 is 5.32 Å². The molecule has 0 atom stereocenters. The minimum Gasteiger partial charge on any atom is -0.385 e. The second-order valence-corrected chi connectivity index (χ2v) is 10.4. The number of anilines is 1. The number of nitrogens with one attached hydrogen (secondary N) is 1. The summed E-state index contributed by atoms with van der Waals surface area (Å²) in [5.41, 5.74) is 1.82. The standard InChI is InChI=1S/C29H45F5N2O/c30-28(31,29(32,33)34)21-13-11-9-7-5-3-1-2-4-6-8-10-12-14-22-35-26-19-17-25(18-20-26)27(37)36-23-15-16-24-36/h17-20,35H,1-16,21-24H2. The molecule has 0 radical (unpaired) electrons. The number of nitrogens with zero attached hydrogens (tertiary/aromatic N) is 1. The van der Waals surface area contributed by atoms with E-state index in [1.54, 1.807) is 0 Å². The Morgan fingerprint density at radius 3 is 1.57 bits per heavy atom. The number of alkyl halides is 5. The fourth-order valence-corrected chi connectivity index (χ4v) is 4.80. The Morgan fingerprint density at radius 2 is 1.11 bits per heavy atom. The van der Waals surface area contributed by atoms with Gasteiger partial charge in [-0.25, -0.2) is 0 Å². The van der Waals surface area contributed by atoms with Crippen molar-refractivity contribution in [1.82, 2.24) is 4.90 Å². The zero-order valence-electron chi connectivity index (χ0n) is 22.2. The van der Waals surface area contributed by atoms with Crippen molar-refractivity contribution in [1.29, 1.82) is 0 Å². The molecule has 212 valence electrons. The van der Waals surface area contributed by atoms with Crippen LogP contribution in [-0.4, -0.2) is 42.5 Å². The van der Waals surface area contributed by atoms with E-state index >= 15 is 0 Å². The molecule has 0 bridgehead atoms. The van der Waals surface area contributed by atoms with E-state index in [1.165, 1.54) is 44.9 Å². The number of carbonyl (C=O) groups is 1. The number of rotatable bonds is 19. The number of amides is 1. The highest BCUT2D eigenvalue weighted by atomic mass is 19.4. The molecule has 2 rings (SSSR count). The van der Waals surface area contributed by atoms with Crippen molar-refractivity contribution in [3.05, 3.63) is 29.8 Å². The van der Waals surface area contributed by atoms with Gasteiger partial charge in [0.25, 0.3) is 5.91 Å². The molecule has 1 amide bonds. The number of hydrogen-bond donors (Lipinski definition) is 1. The van der Waals surface area contributed by atoms with Gasteiger partial charge in [-0.1, -0.05) is 77.0 Å². The average Bonchev–Trinajstić information content (AvgIpc) is 3.40. The van der Waals surface area contributed by atoms with Crippen molar-refractivity contribution in [2.75, 3.05) is 25.0 Å². The van der Waals surface area contributed by atoms with Gasteiger partial charge in [0.05, 0.1) is 0 Å². The van der Waals surface area contributed by atoms with Gasteiger partial charge >= 0.3 is 12.1 Å². The molecule has 1 aliphatic rings. The Morgan fingerprint density at radius 1 is 0.676 bits per heavy atom. The number of hydrogen-bond acceptors (Lipinski definition) is 2. The van der Waals surface area contributed by atoms with Crippen LogP contribution in [0.1, 0.15) is 120 Å². The highest BCUT2D eigenvalue weighted by Crippen LogP contribution is 2.39. The molecule has 1 N–H and O–H groups in total. The van der Waals surface area contributed by atoms with Crippen LogP contribution in [0.2, 0.25) is 0 Å². The van der Waals surface area contributed by atoms with Crippen molar-refractivity contribution >= 4 is 11.6 Å². The summed E-state index contributed by atoms with van der Waals surface area (Å²) in [5.74, 6) is -4.41. The lowest BCUT2D eigenvalue weighted by Crippen LogP contribution is -2.36. The molecule has 1 fully saturated rings. The number of carbonyl (C=O) groups excluding carboxylic acids is 1. The molecule has 0 aliphatic carbocycles. The molecule has 3 nitrogen and oxygen atoms in total. The van der Waals surface area contributed by atoms with Crippen LogP contribution in [0, 0.1) is 0 Å². The summed E-state index contributed by atoms with van der Waals surface area (Å²) < 4.78 is 61.9. The van der Waals surface area contributed by atoms with Gasteiger partial charge in [0.1, 0.15) is 0 Å². The largest absolute Gasteiger partial charge is 0.453 e. The number of likely N-dealkylation sites (tertiary alicyclic amines) is 1. The third-order valence-corrected chi connectivity index (χ3v) is 7.19. The Hall–Kier alpha value is -1.86. The molecular formula is C29H45F5N2O. The van der Waals surface area contributed by atoms with Crippen molar-refractivity contribution in [2.45, 2.75) is 121 Å². The van der Waals surface area contributed by atoms with Crippen LogP contribution in [0.3, 0.4) is 0 Å². The molecule has 1 aromatic carbocycles. The molecule has 37 heavy (non-hydrogen) atoms. The normalized spacial score (nSPS) is 14.4. The van der Waals surface area contributed by atoms with E-state index in [4.69, 9.17) is 0 Å². The van der Waals surface area contributed by atoms with Crippen molar-refractivity contribution < 1.29 is 26.7 Å². The van der Waals surface area contributed by atoms with Gasteiger partial charge in [-0.05, 0) is 49.9 Å². The lowest BCUT2D eigenvalue weighted by molar-refractivity contribution is -0.284. The molecule has 1 heterocycles. The first kappa shape index (κ1) is 31.4. The minimum absolute atomic E-state index is 0.0726. The third kappa shape index (κ3) is 12.5. The summed E-state index contributed by atoms with van der Waals surface area (Å²) in [6.07, 6.45) is 9.48.